The molecule has 164 valence electrons. The Labute approximate surface area is 180 Å². The minimum Gasteiger partial charge on any atom is -0.481 e. The van der Waals surface area contributed by atoms with Crippen molar-refractivity contribution in [1.82, 2.24) is 10.6 Å². The Morgan fingerprint density at radius 1 is 1.03 bits per heavy atom. The molecular weight excluding hydrogens is 400 g/mol. The summed E-state index contributed by atoms with van der Waals surface area (Å²) in [5, 5.41) is 13.9. The predicted octanol–water partition coefficient (Wildman–Crippen LogP) is 2.52. The second-order valence-corrected chi connectivity index (χ2v) is 7.44. The number of carbonyl (C=O) groups excluding carboxylic acids is 2. The predicted molar refractivity (Wildman–Crippen MR) is 114 cm³/mol. The van der Waals surface area contributed by atoms with Crippen molar-refractivity contribution in [3.05, 3.63) is 59.7 Å². The van der Waals surface area contributed by atoms with E-state index in [4.69, 9.17) is 14.6 Å². The number of methoxy groups -OCH3 is 1. The van der Waals surface area contributed by atoms with Crippen LogP contribution in [-0.2, 0) is 19.1 Å². The number of carboxylic acid groups (broad SMARTS) is 1. The van der Waals surface area contributed by atoms with Crippen LogP contribution in [0.25, 0.3) is 11.1 Å². The van der Waals surface area contributed by atoms with Gasteiger partial charge in [0.1, 0.15) is 6.61 Å². The Morgan fingerprint density at radius 2 is 1.61 bits per heavy atom. The van der Waals surface area contributed by atoms with Crippen molar-refractivity contribution in [3.8, 4) is 11.1 Å². The first-order valence-electron chi connectivity index (χ1n) is 10.0. The monoisotopic (exact) mass is 426 g/mol. The Hall–Kier alpha value is -3.39. The summed E-state index contributed by atoms with van der Waals surface area (Å²) in [5.41, 5.74) is 4.49. The van der Waals surface area contributed by atoms with E-state index in [2.05, 4.69) is 22.8 Å². The number of rotatable bonds is 9. The van der Waals surface area contributed by atoms with Crippen LogP contribution in [0, 0.1) is 0 Å². The van der Waals surface area contributed by atoms with Gasteiger partial charge in [0.2, 0.25) is 0 Å². The molecule has 3 N–H and O–H groups in total. The molecule has 2 atom stereocenters. The van der Waals surface area contributed by atoms with Crippen molar-refractivity contribution < 1.29 is 29.0 Å². The molecule has 0 heterocycles. The van der Waals surface area contributed by atoms with Gasteiger partial charge in [-0.1, -0.05) is 48.5 Å². The third-order valence-corrected chi connectivity index (χ3v) is 5.22. The first-order chi connectivity index (χ1) is 14.9. The maximum absolute atomic E-state index is 12.2. The average molecular weight is 426 g/mol. The van der Waals surface area contributed by atoms with E-state index in [9.17, 15) is 14.4 Å². The minimum absolute atomic E-state index is 0.0588. The standard InChI is InChI=1S/C23H26N2O6/c1-14(11-21(26)27)25-22(28)20(30-2)12-24-23(29)31-13-19-17-9-5-3-7-15(17)16-8-4-6-10-18(16)19/h3-10,14,19-20H,11-13H2,1-2H3,(H,24,29)(H,25,28)(H,26,27). The molecule has 8 heteroatoms. The molecule has 2 aromatic rings. The summed E-state index contributed by atoms with van der Waals surface area (Å²) in [4.78, 5) is 35.2. The molecular formula is C23H26N2O6. The molecule has 1 aliphatic rings. The Morgan fingerprint density at radius 3 is 2.16 bits per heavy atom. The summed E-state index contributed by atoms with van der Waals surface area (Å²) in [5.74, 6) is -1.58. The zero-order valence-corrected chi connectivity index (χ0v) is 17.5. The van der Waals surface area contributed by atoms with E-state index in [1.54, 1.807) is 6.92 Å². The molecule has 0 saturated carbocycles. The van der Waals surface area contributed by atoms with Crippen LogP contribution >= 0.6 is 0 Å². The quantitative estimate of drug-likeness (QED) is 0.568. The van der Waals surface area contributed by atoms with Gasteiger partial charge < -0.3 is 25.2 Å². The zero-order valence-electron chi connectivity index (χ0n) is 17.5. The SMILES string of the molecule is COC(CNC(=O)OCC1c2ccccc2-c2ccccc21)C(=O)NC(C)CC(=O)O. The van der Waals surface area contributed by atoms with E-state index in [1.165, 1.54) is 7.11 Å². The van der Waals surface area contributed by atoms with Crippen LogP contribution in [0.2, 0.25) is 0 Å². The Kier molecular flexibility index (Phi) is 7.25. The maximum Gasteiger partial charge on any atom is 0.407 e. The molecule has 2 amide bonds. The average Bonchev–Trinajstić information content (AvgIpc) is 3.06. The van der Waals surface area contributed by atoms with E-state index in [-0.39, 0.29) is 25.5 Å². The molecule has 0 fully saturated rings. The molecule has 8 nitrogen and oxygen atoms in total. The number of alkyl carbamates (subject to hydrolysis) is 1. The van der Waals surface area contributed by atoms with Gasteiger partial charge in [-0.15, -0.1) is 0 Å². The van der Waals surface area contributed by atoms with E-state index in [0.29, 0.717) is 0 Å². The van der Waals surface area contributed by atoms with Gasteiger partial charge >= 0.3 is 12.1 Å². The van der Waals surface area contributed by atoms with Gasteiger partial charge in [-0.2, -0.15) is 0 Å². The molecule has 0 saturated heterocycles. The second kappa shape index (κ2) is 10.1. The first kappa shape index (κ1) is 22.3. The minimum atomic E-state index is -1.02. The highest BCUT2D eigenvalue weighted by molar-refractivity contribution is 5.83. The fourth-order valence-corrected chi connectivity index (χ4v) is 3.76. The lowest BCUT2D eigenvalue weighted by atomic mass is 9.98. The number of hydrogen-bond donors (Lipinski definition) is 3. The topological polar surface area (TPSA) is 114 Å². The summed E-state index contributed by atoms with van der Waals surface area (Å²) in [6.07, 6.45) is -1.82. The highest BCUT2D eigenvalue weighted by atomic mass is 16.5. The molecule has 2 unspecified atom stereocenters. The fourth-order valence-electron chi connectivity index (χ4n) is 3.76. The van der Waals surface area contributed by atoms with Gasteiger partial charge in [-0.25, -0.2) is 4.79 Å². The third-order valence-electron chi connectivity index (χ3n) is 5.22. The van der Waals surface area contributed by atoms with Gasteiger partial charge in [0.15, 0.2) is 6.10 Å². The normalized spacial score (nSPS) is 14.1. The Bertz CT molecular complexity index is 915. The van der Waals surface area contributed by atoms with Crippen LogP contribution in [0.5, 0.6) is 0 Å². The lowest BCUT2D eigenvalue weighted by molar-refractivity contribution is -0.138. The number of fused-ring (bicyclic) bond motifs is 3. The van der Waals surface area contributed by atoms with Crippen molar-refractivity contribution in [2.45, 2.75) is 31.4 Å². The summed E-state index contributed by atoms with van der Waals surface area (Å²) < 4.78 is 10.5. The summed E-state index contributed by atoms with van der Waals surface area (Å²) in [7, 11) is 1.34. The van der Waals surface area contributed by atoms with E-state index in [1.807, 2.05) is 36.4 Å². The van der Waals surface area contributed by atoms with Crippen molar-refractivity contribution in [1.29, 1.82) is 0 Å². The van der Waals surface area contributed by atoms with Gasteiger partial charge in [0, 0.05) is 19.1 Å². The molecule has 1 aliphatic carbocycles. The van der Waals surface area contributed by atoms with Crippen LogP contribution in [-0.4, -0.2) is 55.5 Å². The van der Waals surface area contributed by atoms with Gasteiger partial charge in [-0.3, -0.25) is 9.59 Å². The number of benzene rings is 2. The lowest BCUT2D eigenvalue weighted by Crippen LogP contribution is -2.47. The first-order valence-corrected chi connectivity index (χ1v) is 10.0. The molecule has 3 rings (SSSR count). The van der Waals surface area contributed by atoms with Crippen molar-refractivity contribution in [2.24, 2.45) is 0 Å². The third kappa shape index (κ3) is 5.40. The van der Waals surface area contributed by atoms with Crippen LogP contribution in [0.1, 0.15) is 30.4 Å². The van der Waals surface area contributed by atoms with Crippen LogP contribution in [0.4, 0.5) is 4.79 Å². The highest BCUT2D eigenvalue weighted by Crippen LogP contribution is 2.44. The van der Waals surface area contributed by atoms with Crippen LogP contribution in [0.3, 0.4) is 0 Å². The second-order valence-electron chi connectivity index (χ2n) is 7.44. The van der Waals surface area contributed by atoms with Crippen molar-refractivity contribution in [2.75, 3.05) is 20.3 Å². The summed E-state index contributed by atoms with van der Waals surface area (Å²) in [6, 6.07) is 15.5. The maximum atomic E-state index is 12.2. The van der Waals surface area contributed by atoms with Gasteiger partial charge in [-0.05, 0) is 29.2 Å². The zero-order chi connectivity index (χ0) is 22.4. The van der Waals surface area contributed by atoms with Crippen molar-refractivity contribution in [3.63, 3.8) is 0 Å². The van der Waals surface area contributed by atoms with E-state index >= 15 is 0 Å². The molecule has 0 spiro atoms. The van der Waals surface area contributed by atoms with Gasteiger partial charge in [0.25, 0.3) is 5.91 Å². The number of carbonyl (C=O) groups is 3. The van der Waals surface area contributed by atoms with E-state index in [0.717, 1.165) is 22.3 Å². The molecule has 2 aromatic carbocycles. The highest BCUT2D eigenvalue weighted by Gasteiger charge is 2.29. The lowest BCUT2D eigenvalue weighted by Gasteiger charge is -2.19. The summed E-state index contributed by atoms with van der Waals surface area (Å²) in [6.45, 7) is 1.65. The molecule has 0 aliphatic heterocycles. The number of amides is 2. The molecule has 0 radical (unpaired) electrons. The molecule has 0 aromatic heterocycles. The molecule has 31 heavy (non-hydrogen) atoms. The van der Waals surface area contributed by atoms with Crippen molar-refractivity contribution >= 4 is 18.0 Å². The molecule has 0 bridgehead atoms. The fraction of sp³-hybridized carbons (Fsp3) is 0.348. The number of hydrogen-bond acceptors (Lipinski definition) is 5. The summed E-state index contributed by atoms with van der Waals surface area (Å²) >= 11 is 0. The smallest absolute Gasteiger partial charge is 0.407 e. The number of ether oxygens (including phenoxy) is 2. The number of aliphatic carboxylic acids is 1. The van der Waals surface area contributed by atoms with Crippen LogP contribution in [0.15, 0.2) is 48.5 Å². The Balaban J connectivity index is 1.53. The number of carboxylic acids is 1. The largest absolute Gasteiger partial charge is 0.481 e. The van der Waals surface area contributed by atoms with Gasteiger partial charge in [0.05, 0.1) is 13.0 Å². The van der Waals surface area contributed by atoms with Crippen LogP contribution < -0.4 is 10.6 Å². The van der Waals surface area contributed by atoms with E-state index < -0.39 is 30.1 Å². The number of nitrogens with one attached hydrogen (secondary N) is 2.